The van der Waals surface area contributed by atoms with Crippen LogP contribution in [0.3, 0.4) is 0 Å². The Morgan fingerprint density at radius 3 is 2.73 bits per heavy atom. The summed E-state index contributed by atoms with van der Waals surface area (Å²) in [6.07, 6.45) is 4.57. The van der Waals surface area contributed by atoms with Crippen molar-refractivity contribution in [3.05, 3.63) is 24.3 Å². The third kappa shape index (κ3) is 4.61. The summed E-state index contributed by atoms with van der Waals surface area (Å²) in [5.41, 5.74) is 1.90. The number of ether oxygens (including phenoxy) is 1. The Hall–Kier alpha value is -1.93. The molecule has 2 aromatic rings. The molecule has 7 nitrogen and oxygen atoms in total. The Labute approximate surface area is 155 Å². The fraction of sp³-hybridized carbons (Fsp3) is 0.611. The molecule has 0 aromatic carbocycles. The normalized spacial score (nSPS) is 16.3. The molecule has 3 rings (SSSR count). The monoisotopic (exact) mass is 376 g/mol. The number of carboxylic acid groups (broad SMARTS) is 1. The van der Waals surface area contributed by atoms with Gasteiger partial charge < -0.3 is 19.3 Å². The second-order valence-corrected chi connectivity index (χ2v) is 13.8. The lowest BCUT2D eigenvalue weighted by molar-refractivity contribution is 0.0902. The molecular formula is C18H28N4O3Si. The van der Waals surface area contributed by atoms with E-state index in [1.165, 1.54) is 4.90 Å². The highest BCUT2D eigenvalue weighted by Crippen LogP contribution is 2.26. The van der Waals surface area contributed by atoms with Crippen molar-refractivity contribution in [2.24, 2.45) is 0 Å². The minimum absolute atomic E-state index is 0.228. The zero-order valence-corrected chi connectivity index (χ0v) is 16.8. The second kappa shape index (κ2) is 7.75. The van der Waals surface area contributed by atoms with Crippen LogP contribution in [0.25, 0.3) is 11.0 Å². The number of amides is 1. The third-order valence-electron chi connectivity index (χ3n) is 4.90. The number of carbonyl (C=O) groups is 1. The number of fused-ring (bicyclic) bond motifs is 1. The van der Waals surface area contributed by atoms with Gasteiger partial charge in [-0.3, -0.25) is 0 Å². The van der Waals surface area contributed by atoms with Gasteiger partial charge in [-0.25, -0.2) is 14.8 Å². The van der Waals surface area contributed by atoms with Gasteiger partial charge in [-0.15, -0.1) is 0 Å². The summed E-state index contributed by atoms with van der Waals surface area (Å²) in [4.78, 5) is 21.7. The maximum Gasteiger partial charge on any atom is 0.407 e. The van der Waals surface area contributed by atoms with E-state index in [4.69, 9.17) is 14.8 Å². The van der Waals surface area contributed by atoms with Crippen LogP contribution < -0.4 is 0 Å². The number of piperidine rings is 1. The van der Waals surface area contributed by atoms with Gasteiger partial charge in [0.1, 0.15) is 12.6 Å². The van der Waals surface area contributed by atoms with Gasteiger partial charge >= 0.3 is 6.09 Å². The van der Waals surface area contributed by atoms with Gasteiger partial charge in [-0.05, 0) is 25.0 Å². The third-order valence-corrected chi connectivity index (χ3v) is 6.60. The van der Waals surface area contributed by atoms with E-state index in [9.17, 15) is 4.79 Å². The molecule has 0 spiro atoms. The average Bonchev–Trinajstić information content (AvgIpc) is 3.00. The highest BCUT2D eigenvalue weighted by molar-refractivity contribution is 6.76. The standard InChI is InChI=1S/C18H28N4O3Si/c1-26(2,3)11-10-25-13-22-9-6-15-16(22)12-19-17(20-15)14-4-7-21(8-5-14)18(23)24/h6,9,12,14H,4-5,7-8,10-11,13H2,1-3H3,(H,23,24). The molecule has 1 aliphatic rings. The lowest BCUT2D eigenvalue weighted by Crippen LogP contribution is -2.37. The van der Waals surface area contributed by atoms with Crippen molar-refractivity contribution in [1.29, 1.82) is 0 Å². The van der Waals surface area contributed by atoms with Gasteiger partial charge in [0.05, 0.1) is 17.2 Å². The summed E-state index contributed by atoms with van der Waals surface area (Å²) in [5.74, 6) is 1.05. The summed E-state index contributed by atoms with van der Waals surface area (Å²) in [6, 6.07) is 3.15. The summed E-state index contributed by atoms with van der Waals surface area (Å²) in [5, 5.41) is 9.05. The Balaban J connectivity index is 1.61. The molecule has 1 fully saturated rings. The molecule has 0 saturated carbocycles. The van der Waals surface area contributed by atoms with Crippen molar-refractivity contribution in [2.45, 2.75) is 51.2 Å². The van der Waals surface area contributed by atoms with Crippen LogP contribution in [-0.2, 0) is 11.5 Å². The first-order valence-electron chi connectivity index (χ1n) is 9.21. The zero-order chi connectivity index (χ0) is 18.7. The molecule has 3 heterocycles. The van der Waals surface area contributed by atoms with E-state index in [2.05, 4.69) is 24.6 Å². The van der Waals surface area contributed by atoms with Crippen LogP contribution in [0.1, 0.15) is 24.6 Å². The first-order valence-corrected chi connectivity index (χ1v) is 12.9. The number of hydrogen-bond donors (Lipinski definition) is 1. The van der Waals surface area contributed by atoms with Gasteiger partial charge in [0.15, 0.2) is 0 Å². The quantitative estimate of drug-likeness (QED) is 0.615. The highest BCUT2D eigenvalue weighted by atomic mass is 28.3. The largest absolute Gasteiger partial charge is 0.465 e. The minimum atomic E-state index is -1.07. The van der Waals surface area contributed by atoms with Gasteiger partial charge in [0.2, 0.25) is 0 Å². The van der Waals surface area contributed by atoms with E-state index in [0.29, 0.717) is 19.8 Å². The molecule has 8 heteroatoms. The highest BCUT2D eigenvalue weighted by Gasteiger charge is 2.25. The Morgan fingerprint density at radius 1 is 1.35 bits per heavy atom. The van der Waals surface area contributed by atoms with Crippen molar-refractivity contribution in [3.8, 4) is 0 Å². The van der Waals surface area contributed by atoms with Crippen LogP contribution in [0.5, 0.6) is 0 Å². The van der Waals surface area contributed by atoms with Gasteiger partial charge in [0, 0.05) is 39.9 Å². The van der Waals surface area contributed by atoms with Crippen LogP contribution in [0.15, 0.2) is 18.5 Å². The molecule has 0 atom stereocenters. The fourth-order valence-electron chi connectivity index (χ4n) is 3.17. The number of likely N-dealkylation sites (tertiary alicyclic amines) is 1. The molecule has 0 aliphatic carbocycles. The molecule has 1 amide bonds. The maximum absolute atomic E-state index is 11.0. The molecular weight excluding hydrogens is 348 g/mol. The Kier molecular flexibility index (Phi) is 5.62. The first-order chi connectivity index (χ1) is 12.3. The predicted molar refractivity (Wildman–Crippen MR) is 103 cm³/mol. The Bertz CT molecular complexity index is 763. The molecule has 1 aliphatic heterocycles. The number of rotatable bonds is 6. The molecule has 0 unspecified atom stereocenters. The summed E-state index contributed by atoms with van der Waals surface area (Å²) >= 11 is 0. The fourth-order valence-corrected chi connectivity index (χ4v) is 3.92. The van der Waals surface area contributed by atoms with Crippen LogP contribution in [0, 0.1) is 0 Å². The van der Waals surface area contributed by atoms with E-state index < -0.39 is 14.2 Å². The minimum Gasteiger partial charge on any atom is -0.465 e. The van der Waals surface area contributed by atoms with E-state index >= 15 is 0 Å². The molecule has 26 heavy (non-hydrogen) atoms. The zero-order valence-electron chi connectivity index (χ0n) is 15.8. The summed E-state index contributed by atoms with van der Waals surface area (Å²) in [6.45, 7) is 9.44. The smallest absolute Gasteiger partial charge is 0.407 e. The Morgan fingerprint density at radius 2 is 2.08 bits per heavy atom. The van der Waals surface area contributed by atoms with Crippen LogP contribution in [-0.4, -0.2) is 58.4 Å². The van der Waals surface area contributed by atoms with E-state index in [0.717, 1.165) is 42.4 Å². The summed E-state index contributed by atoms with van der Waals surface area (Å²) in [7, 11) is -1.07. The number of hydrogen-bond acceptors (Lipinski definition) is 4. The number of nitrogens with zero attached hydrogens (tertiary/aromatic N) is 4. The van der Waals surface area contributed by atoms with Crippen molar-refractivity contribution in [1.82, 2.24) is 19.4 Å². The topological polar surface area (TPSA) is 80.5 Å². The number of aromatic nitrogens is 3. The van der Waals surface area contributed by atoms with Gasteiger partial charge in [-0.2, -0.15) is 0 Å². The SMILES string of the molecule is C[Si](C)(C)CCOCn1ccc2nc(C3CCN(C(=O)O)CC3)ncc21. The molecule has 1 N–H and O–H groups in total. The van der Waals surface area contributed by atoms with Crippen molar-refractivity contribution in [3.63, 3.8) is 0 Å². The lowest BCUT2D eigenvalue weighted by atomic mass is 9.96. The van der Waals surface area contributed by atoms with Gasteiger partial charge in [-0.1, -0.05) is 19.6 Å². The second-order valence-electron chi connectivity index (χ2n) is 8.18. The van der Waals surface area contributed by atoms with Crippen LogP contribution in [0.2, 0.25) is 25.7 Å². The van der Waals surface area contributed by atoms with E-state index in [-0.39, 0.29) is 5.92 Å². The van der Waals surface area contributed by atoms with Crippen molar-refractivity contribution in [2.75, 3.05) is 19.7 Å². The van der Waals surface area contributed by atoms with E-state index in [1.807, 2.05) is 23.0 Å². The molecule has 2 aromatic heterocycles. The molecule has 142 valence electrons. The van der Waals surface area contributed by atoms with Crippen LogP contribution >= 0.6 is 0 Å². The molecule has 1 saturated heterocycles. The van der Waals surface area contributed by atoms with Gasteiger partial charge in [0.25, 0.3) is 0 Å². The molecule has 0 radical (unpaired) electrons. The maximum atomic E-state index is 11.0. The summed E-state index contributed by atoms with van der Waals surface area (Å²) < 4.78 is 7.86. The van der Waals surface area contributed by atoms with E-state index in [1.54, 1.807) is 0 Å². The predicted octanol–water partition coefficient (Wildman–Crippen LogP) is 3.60. The molecule has 0 bridgehead atoms. The van der Waals surface area contributed by atoms with Crippen molar-refractivity contribution >= 4 is 25.2 Å². The first kappa shape index (κ1) is 18.8. The van der Waals surface area contributed by atoms with Crippen LogP contribution in [0.4, 0.5) is 4.79 Å². The average molecular weight is 377 g/mol. The lowest BCUT2D eigenvalue weighted by Gasteiger charge is -2.29. The van der Waals surface area contributed by atoms with Crippen molar-refractivity contribution < 1.29 is 14.6 Å².